The van der Waals surface area contributed by atoms with E-state index >= 15 is 0 Å². The van der Waals surface area contributed by atoms with Gasteiger partial charge in [-0.1, -0.05) is 12.1 Å². The molecule has 0 saturated carbocycles. The van der Waals surface area contributed by atoms with Gasteiger partial charge in [-0.15, -0.1) is 0 Å². The highest BCUT2D eigenvalue weighted by atomic mass is 16.5. The normalized spacial score (nSPS) is 11.5. The van der Waals surface area contributed by atoms with E-state index < -0.39 is 0 Å². The van der Waals surface area contributed by atoms with E-state index in [2.05, 4.69) is 32.2 Å². The SMILES string of the molecule is CC(C)(C)NCc1cccc(OCCO)c1. The predicted molar refractivity (Wildman–Crippen MR) is 65.6 cm³/mol. The fourth-order valence-corrected chi connectivity index (χ4v) is 1.28. The molecule has 0 heterocycles. The number of benzene rings is 1. The summed E-state index contributed by atoms with van der Waals surface area (Å²) in [6, 6.07) is 7.92. The quantitative estimate of drug-likeness (QED) is 0.801. The molecule has 1 aromatic carbocycles. The summed E-state index contributed by atoms with van der Waals surface area (Å²) in [6.07, 6.45) is 0. The van der Waals surface area contributed by atoms with Crippen LogP contribution in [0, 0.1) is 0 Å². The van der Waals surface area contributed by atoms with E-state index in [0.717, 1.165) is 12.3 Å². The zero-order valence-corrected chi connectivity index (χ0v) is 10.3. The molecule has 2 N–H and O–H groups in total. The van der Waals surface area contributed by atoms with Gasteiger partial charge < -0.3 is 15.2 Å². The maximum Gasteiger partial charge on any atom is 0.119 e. The van der Waals surface area contributed by atoms with Gasteiger partial charge in [0.25, 0.3) is 0 Å². The molecule has 16 heavy (non-hydrogen) atoms. The Morgan fingerprint density at radius 1 is 1.31 bits per heavy atom. The minimum absolute atomic E-state index is 0.0461. The van der Waals surface area contributed by atoms with E-state index in [9.17, 15) is 0 Å². The molecule has 1 rings (SSSR count). The number of aliphatic hydroxyl groups excluding tert-OH is 1. The summed E-state index contributed by atoms with van der Waals surface area (Å²) in [7, 11) is 0. The van der Waals surface area contributed by atoms with Crippen LogP contribution in [0.25, 0.3) is 0 Å². The maximum absolute atomic E-state index is 8.67. The molecule has 0 aromatic heterocycles. The number of nitrogens with one attached hydrogen (secondary N) is 1. The van der Waals surface area contributed by atoms with Crippen molar-refractivity contribution in [1.29, 1.82) is 0 Å². The lowest BCUT2D eigenvalue weighted by atomic mass is 10.1. The molecule has 0 aliphatic carbocycles. The third-order valence-electron chi connectivity index (χ3n) is 2.08. The lowest BCUT2D eigenvalue weighted by molar-refractivity contribution is 0.201. The van der Waals surface area contributed by atoms with Gasteiger partial charge in [0.15, 0.2) is 0 Å². The molecule has 0 amide bonds. The van der Waals surface area contributed by atoms with Gasteiger partial charge in [-0.2, -0.15) is 0 Å². The molecule has 3 nitrogen and oxygen atoms in total. The van der Waals surface area contributed by atoms with Crippen molar-refractivity contribution < 1.29 is 9.84 Å². The van der Waals surface area contributed by atoms with Crippen LogP contribution in [-0.2, 0) is 6.54 Å². The van der Waals surface area contributed by atoms with Crippen LogP contribution in [0.3, 0.4) is 0 Å². The molecule has 0 radical (unpaired) electrons. The van der Waals surface area contributed by atoms with Gasteiger partial charge in [0.2, 0.25) is 0 Å². The molecule has 0 fully saturated rings. The number of aliphatic hydroxyl groups is 1. The Morgan fingerprint density at radius 2 is 2.06 bits per heavy atom. The van der Waals surface area contributed by atoms with Crippen LogP contribution in [0.1, 0.15) is 26.3 Å². The molecule has 0 unspecified atom stereocenters. The Bertz CT molecular complexity index is 318. The Balaban J connectivity index is 2.53. The number of hydrogen-bond acceptors (Lipinski definition) is 3. The summed E-state index contributed by atoms with van der Waals surface area (Å²) in [4.78, 5) is 0. The van der Waals surface area contributed by atoms with E-state index in [1.54, 1.807) is 0 Å². The van der Waals surface area contributed by atoms with E-state index in [-0.39, 0.29) is 12.1 Å². The molecule has 0 bridgehead atoms. The van der Waals surface area contributed by atoms with Crippen molar-refractivity contribution >= 4 is 0 Å². The topological polar surface area (TPSA) is 41.5 Å². The highest BCUT2D eigenvalue weighted by Gasteiger charge is 2.08. The zero-order valence-electron chi connectivity index (χ0n) is 10.3. The first-order valence-electron chi connectivity index (χ1n) is 5.59. The highest BCUT2D eigenvalue weighted by Crippen LogP contribution is 2.13. The molecule has 0 atom stereocenters. The molecule has 1 aromatic rings. The van der Waals surface area contributed by atoms with Crippen molar-refractivity contribution in [3.63, 3.8) is 0 Å². The van der Waals surface area contributed by atoms with E-state index in [4.69, 9.17) is 9.84 Å². The van der Waals surface area contributed by atoms with Gasteiger partial charge >= 0.3 is 0 Å². The summed E-state index contributed by atoms with van der Waals surface area (Å²) in [5.74, 6) is 0.808. The van der Waals surface area contributed by atoms with E-state index in [0.29, 0.717) is 6.61 Å². The van der Waals surface area contributed by atoms with Crippen molar-refractivity contribution in [1.82, 2.24) is 5.32 Å². The summed E-state index contributed by atoms with van der Waals surface area (Å²) in [6.45, 7) is 7.62. The molecule has 0 saturated heterocycles. The number of rotatable bonds is 5. The summed E-state index contributed by atoms with van der Waals surface area (Å²) in [5.41, 5.74) is 1.30. The van der Waals surface area contributed by atoms with Crippen LogP contribution in [0.5, 0.6) is 5.75 Å². The summed E-state index contributed by atoms with van der Waals surface area (Å²) < 4.78 is 5.35. The highest BCUT2D eigenvalue weighted by molar-refractivity contribution is 5.28. The van der Waals surface area contributed by atoms with E-state index in [1.165, 1.54) is 5.56 Å². The molecular weight excluding hydrogens is 202 g/mol. The van der Waals surface area contributed by atoms with Crippen LogP contribution < -0.4 is 10.1 Å². The Kier molecular flexibility index (Phi) is 4.77. The predicted octanol–water partition coefficient (Wildman–Crippen LogP) is 1.95. The van der Waals surface area contributed by atoms with Gasteiger partial charge in [0.1, 0.15) is 12.4 Å². The van der Waals surface area contributed by atoms with Gasteiger partial charge in [0.05, 0.1) is 6.61 Å². The zero-order chi connectivity index (χ0) is 12.0. The third kappa shape index (κ3) is 5.14. The van der Waals surface area contributed by atoms with Crippen molar-refractivity contribution in [3.8, 4) is 5.75 Å². The average Bonchev–Trinajstić information content (AvgIpc) is 2.23. The van der Waals surface area contributed by atoms with Crippen LogP contribution in [0.4, 0.5) is 0 Å². The fraction of sp³-hybridized carbons (Fsp3) is 0.538. The van der Waals surface area contributed by atoms with Gasteiger partial charge in [0, 0.05) is 12.1 Å². The molecule has 0 aliphatic heterocycles. The largest absolute Gasteiger partial charge is 0.491 e. The first kappa shape index (κ1) is 13.0. The fourth-order valence-electron chi connectivity index (χ4n) is 1.28. The molecular formula is C13H21NO2. The van der Waals surface area contributed by atoms with Crippen molar-refractivity contribution in [2.24, 2.45) is 0 Å². The molecule has 0 aliphatic rings. The second kappa shape index (κ2) is 5.87. The van der Waals surface area contributed by atoms with Crippen molar-refractivity contribution in [2.75, 3.05) is 13.2 Å². The lowest BCUT2D eigenvalue weighted by Crippen LogP contribution is -2.35. The van der Waals surface area contributed by atoms with Crippen molar-refractivity contribution in [3.05, 3.63) is 29.8 Å². The molecule has 3 heteroatoms. The summed E-state index contributed by atoms with van der Waals surface area (Å²) >= 11 is 0. The first-order chi connectivity index (χ1) is 7.51. The minimum Gasteiger partial charge on any atom is -0.491 e. The number of hydrogen-bond donors (Lipinski definition) is 2. The second-order valence-corrected chi connectivity index (χ2v) is 4.82. The van der Waals surface area contributed by atoms with Crippen LogP contribution in [0.2, 0.25) is 0 Å². The summed E-state index contributed by atoms with van der Waals surface area (Å²) in [5, 5.41) is 12.1. The average molecular weight is 223 g/mol. The van der Waals surface area contributed by atoms with Gasteiger partial charge in [-0.05, 0) is 38.5 Å². The Labute approximate surface area is 97.4 Å². The Morgan fingerprint density at radius 3 is 2.69 bits per heavy atom. The van der Waals surface area contributed by atoms with Crippen molar-refractivity contribution in [2.45, 2.75) is 32.9 Å². The van der Waals surface area contributed by atoms with Crippen LogP contribution in [0.15, 0.2) is 24.3 Å². The van der Waals surface area contributed by atoms with Crippen LogP contribution >= 0.6 is 0 Å². The third-order valence-corrected chi connectivity index (χ3v) is 2.08. The monoisotopic (exact) mass is 223 g/mol. The standard InChI is InChI=1S/C13H21NO2/c1-13(2,3)14-10-11-5-4-6-12(9-11)16-8-7-15/h4-6,9,14-15H,7-8,10H2,1-3H3. The first-order valence-corrected chi connectivity index (χ1v) is 5.59. The molecule has 0 spiro atoms. The van der Waals surface area contributed by atoms with Gasteiger partial charge in [-0.25, -0.2) is 0 Å². The van der Waals surface area contributed by atoms with Crippen LogP contribution in [-0.4, -0.2) is 23.9 Å². The van der Waals surface area contributed by atoms with E-state index in [1.807, 2.05) is 18.2 Å². The second-order valence-electron chi connectivity index (χ2n) is 4.82. The minimum atomic E-state index is 0.0461. The maximum atomic E-state index is 8.67. The molecule has 90 valence electrons. The lowest BCUT2D eigenvalue weighted by Gasteiger charge is -2.20. The smallest absolute Gasteiger partial charge is 0.119 e. The van der Waals surface area contributed by atoms with Gasteiger partial charge in [-0.3, -0.25) is 0 Å². The Hall–Kier alpha value is -1.06. The number of ether oxygens (including phenoxy) is 1.